The SMILES string of the molecule is COC(=O)c1nc(N)sc1-c1ccc(Br)o1. The van der Waals surface area contributed by atoms with E-state index < -0.39 is 5.97 Å². The van der Waals surface area contributed by atoms with Crippen LogP contribution in [0.3, 0.4) is 0 Å². The van der Waals surface area contributed by atoms with E-state index in [9.17, 15) is 4.79 Å². The van der Waals surface area contributed by atoms with Gasteiger partial charge < -0.3 is 14.9 Å². The second-order valence-electron chi connectivity index (χ2n) is 2.83. The van der Waals surface area contributed by atoms with Crippen LogP contribution in [0.2, 0.25) is 0 Å². The van der Waals surface area contributed by atoms with Crippen LogP contribution in [0.1, 0.15) is 10.5 Å². The van der Waals surface area contributed by atoms with Crippen LogP contribution in [0.25, 0.3) is 10.6 Å². The fourth-order valence-electron chi connectivity index (χ4n) is 1.18. The van der Waals surface area contributed by atoms with E-state index in [0.717, 1.165) is 0 Å². The monoisotopic (exact) mass is 302 g/mol. The van der Waals surface area contributed by atoms with Gasteiger partial charge >= 0.3 is 5.97 Å². The third kappa shape index (κ3) is 1.96. The van der Waals surface area contributed by atoms with Gasteiger partial charge in [-0.05, 0) is 28.1 Å². The number of aromatic nitrogens is 1. The fourth-order valence-corrected chi connectivity index (χ4v) is 2.26. The zero-order valence-electron chi connectivity index (χ0n) is 8.19. The Kier molecular flexibility index (Phi) is 2.97. The molecule has 0 saturated carbocycles. The van der Waals surface area contributed by atoms with Gasteiger partial charge in [0, 0.05) is 0 Å². The number of nitrogens with zero attached hydrogens (tertiary/aromatic N) is 1. The van der Waals surface area contributed by atoms with E-state index >= 15 is 0 Å². The van der Waals surface area contributed by atoms with Crippen LogP contribution in [0, 0.1) is 0 Å². The number of carbonyl (C=O) groups excluding carboxylic acids is 1. The number of nitrogens with two attached hydrogens (primary N) is 1. The minimum absolute atomic E-state index is 0.173. The first kappa shape index (κ1) is 11.2. The molecule has 0 radical (unpaired) electrons. The molecule has 2 heterocycles. The quantitative estimate of drug-likeness (QED) is 0.863. The summed E-state index contributed by atoms with van der Waals surface area (Å²) in [5, 5.41) is 0.294. The van der Waals surface area contributed by atoms with Gasteiger partial charge in [0.15, 0.2) is 15.5 Å². The van der Waals surface area contributed by atoms with Crippen molar-refractivity contribution in [3.63, 3.8) is 0 Å². The number of hydrogen-bond acceptors (Lipinski definition) is 6. The Balaban J connectivity index is 2.52. The van der Waals surface area contributed by atoms with Crippen LogP contribution in [-0.4, -0.2) is 18.1 Å². The lowest BCUT2D eigenvalue weighted by Gasteiger charge is -1.96. The summed E-state index contributed by atoms with van der Waals surface area (Å²) < 4.78 is 10.5. The number of ether oxygens (including phenoxy) is 1. The lowest BCUT2D eigenvalue weighted by atomic mass is 10.3. The predicted octanol–water partition coefficient (Wildman–Crippen LogP) is 2.53. The molecular formula is C9H7BrN2O3S. The van der Waals surface area contributed by atoms with E-state index in [0.29, 0.717) is 20.4 Å². The Morgan fingerprint density at radius 1 is 1.62 bits per heavy atom. The van der Waals surface area contributed by atoms with Gasteiger partial charge in [0.25, 0.3) is 0 Å². The summed E-state index contributed by atoms with van der Waals surface area (Å²) in [5.41, 5.74) is 5.74. The number of halogens is 1. The lowest BCUT2D eigenvalue weighted by molar-refractivity contribution is 0.0595. The number of hydrogen-bond donors (Lipinski definition) is 1. The molecule has 5 nitrogen and oxygen atoms in total. The van der Waals surface area contributed by atoms with Gasteiger partial charge in [-0.3, -0.25) is 0 Å². The molecule has 0 fully saturated rings. The van der Waals surface area contributed by atoms with Gasteiger partial charge in [-0.2, -0.15) is 0 Å². The van der Waals surface area contributed by atoms with Crippen molar-refractivity contribution in [2.45, 2.75) is 0 Å². The smallest absolute Gasteiger partial charge is 0.358 e. The topological polar surface area (TPSA) is 78.3 Å². The molecule has 7 heteroatoms. The molecule has 2 rings (SSSR count). The average Bonchev–Trinajstić information content (AvgIpc) is 2.83. The third-order valence-corrected chi connectivity index (χ3v) is 3.14. The molecule has 0 aromatic carbocycles. The first-order chi connectivity index (χ1) is 7.61. The van der Waals surface area contributed by atoms with Gasteiger partial charge in [0.1, 0.15) is 10.6 Å². The van der Waals surface area contributed by atoms with Crippen molar-refractivity contribution in [1.29, 1.82) is 0 Å². The third-order valence-electron chi connectivity index (χ3n) is 1.82. The number of carbonyl (C=O) groups is 1. The molecule has 2 aromatic heterocycles. The van der Waals surface area contributed by atoms with Crippen molar-refractivity contribution in [2.75, 3.05) is 12.8 Å². The van der Waals surface area contributed by atoms with Crippen molar-refractivity contribution in [3.05, 3.63) is 22.5 Å². The van der Waals surface area contributed by atoms with Gasteiger partial charge in [-0.25, -0.2) is 9.78 Å². The summed E-state index contributed by atoms with van der Waals surface area (Å²) in [5.74, 6) is -0.00283. The summed E-state index contributed by atoms with van der Waals surface area (Å²) in [4.78, 5) is 15.9. The minimum Gasteiger partial charge on any atom is -0.464 e. The van der Waals surface area contributed by atoms with Crippen molar-refractivity contribution in [1.82, 2.24) is 4.98 Å². The number of thiazole rings is 1. The molecule has 0 aliphatic carbocycles. The highest BCUT2D eigenvalue weighted by molar-refractivity contribution is 9.10. The van der Waals surface area contributed by atoms with Crippen molar-refractivity contribution in [3.8, 4) is 10.6 Å². The van der Waals surface area contributed by atoms with Crippen molar-refractivity contribution < 1.29 is 13.9 Å². The molecule has 0 unspecified atom stereocenters. The first-order valence-corrected chi connectivity index (χ1v) is 5.83. The average molecular weight is 303 g/mol. The van der Waals surface area contributed by atoms with Crippen molar-refractivity contribution >= 4 is 38.4 Å². The summed E-state index contributed by atoms with van der Waals surface area (Å²) >= 11 is 4.36. The van der Waals surface area contributed by atoms with Gasteiger partial charge in [0.2, 0.25) is 0 Å². The molecule has 16 heavy (non-hydrogen) atoms. The summed E-state index contributed by atoms with van der Waals surface area (Å²) in [7, 11) is 1.29. The molecule has 0 spiro atoms. The second kappa shape index (κ2) is 4.26. The Hall–Kier alpha value is -1.34. The molecule has 2 aromatic rings. The number of esters is 1. The molecule has 0 aliphatic heterocycles. The number of rotatable bonds is 2. The van der Waals surface area contributed by atoms with E-state index in [1.165, 1.54) is 18.4 Å². The standard InChI is InChI=1S/C9H7BrN2O3S/c1-14-8(13)6-7(16-9(11)12-6)4-2-3-5(10)15-4/h2-3H,1H3,(H2,11,12). The van der Waals surface area contributed by atoms with Crippen LogP contribution in [-0.2, 0) is 4.74 Å². The van der Waals surface area contributed by atoms with Crippen LogP contribution in [0.5, 0.6) is 0 Å². The van der Waals surface area contributed by atoms with Crippen LogP contribution in [0.4, 0.5) is 5.13 Å². The number of anilines is 1. The Bertz CT molecular complexity index is 535. The van der Waals surface area contributed by atoms with Crippen LogP contribution >= 0.6 is 27.3 Å². The molecule has 0 saturated heterocycles. The number of furan rings is 1. The molecule has 0 aliphatic rings. The Labute approximate surface area is 103 Å². The fraction of sp³-hybridized carbons (Fsp3) is 0.111. The summed E-state index contributed by atoms with van der Waals surface area (Å²) in [6.45, 7) is 0. The highest BCUT2D eigenvalue weighted by Gasteiger charge is 2.21. The zero-order chi connectivity index (χ0) is 11.7. The highest BCUT2D eigenvalue weighted by atomic mass is 79.9. The molecule has 0 atom stereocenters. The summed E-state index contributed by atoms with van der Waals surface area (Å²) in [6, 6.07) is 3.45. The van der Waals surface area contributed by atoms with Crippen LogP contribution < -0.4 is 5.73 Å². The Morgan fingerprint density at radius 2 is 2.38 bits per heavy atom. The maximum absolute atomic E-state index is 11.4. The molecule has 84 valence electrons. The number of methoxy groups -OCH3 is 1. The van der Waals surface area contributed by atoms with E-state index in [1.807, 2.05) is 0 Å². The lowest BCUT2D eigenvalue weighted by Crippen LogP contribution is -2.03. The van der Waals surface area contributed by atoms with E-state index in [4.69, 9.17) is 10.2 Å². The van der Waals surface area contributed by atoms with Gasteiger partial charge in [-0.15, -0.1) is 0 Å². The molecule has 0 amide bonds. The largest absolute Gasteiger partial charge is 0.464 e. The van der Waals surface area contributed by atoms with Crippen molar-refractivity contribution in [2.24, 2.45) is 0 Å². The maximum atomic E-state index is 11.4. The van der Waals surface area contributed by atoms with Crippen LogP contribution in [0.15, 0.2) is 21.2 Å². The highest BCUT2D eigenvalue weighted by Crippen LogP contribution is 2.34. The van der Waals surface area contributed by atoms with E-state index in [1.54, 1.807) is 12.1 Å². The molecular weight excluding hydrogens is 296 g/mol. The Morgan fingerprint density at radius 3 is 2.94 bits per heavy atom. The molecule has 0 bridgehead atoms. The normalized spacial score (nSPS) is 10.4. The van der Waals surface area contributed by atoms with E-state index in [2.05, 4.69) is 25.7 Å². The van der Waals surface area contributed by atoms with Gasteiger partial charge in [-0.1, -0.05) is 11.3 Å². The molecule has 2 N–H and O–H groups in total. The van der Waals surface area contributed by atoms with E-state index in [-0.39, 0.29) is 5.69 Å². The first-order valence-electron chi connectivity index (χ1n) is 4.22. The maximum Gasteiger partial charge on any atom is 0.358 e. The van der Waals surface area contributed by atoms with Gasteiger partial charge in [0.05, 0.1) is 7.11 Å². The second-order valence-corrected chi connectivity index (χ2v) is 4.64. The summed E-state index contributed by atoms with van der Waals surface area (Å²) in [6.07, 6.45) is 0. The number of nitrogen functional groups attached to an aromatic ring is 1. The predicted molar refractivity (Wildman–Crippen MR) is 63.3 cm³/mol. The minimum atomic E-state index is -0.532. The zero-order valence-corrected chi connectivity index (χ0v) is 10.6.